The Balaban J connectivity index is 2.22. The summed E-state index contributed by atoms with van der Waals surface area (Å²) in [5, 5.41) is 2.45. The average molecular weight is 248 g/mol. The molecular formula is C13H10F2N2O. The number of nitrogen functional groups attached to an aromatic ring is 1. The fourth-order valence-electron chi connectivity index (χ4n) is 1.51. The van der Waals surface area contributed by atoms with Crippen molar-refractivity contribution in [3.8, 4) is 0 Å². The van der Waals surface area contributed by atoms with E-state index in [0.29, 0.717) is 5.69 Å². The molecule has 0 aliphatic carbocycles. The lowest BCUT2D eigenvalue weighted by Gasteiger charge is -2.06. The van der Waals surface area contributed by atoms with Gasteiger partial charge in [0.05, 0.1) is 0 Å². The summed E-state index contributed by atoms with van der Waals surface area (Å²) in [6.07, 6.45) is 0. The number of halogens is 2. The molecule has 92 valence electrons. The fraction of sp³-hybridized carbons (Fsp3) is 0. The van der Waals surface area contributed by atoms with Gasteiger partial charge in [-0.05, 0) is 36.4 Å². The summed E-state index contributed by atoms with van der Waals surface area (Å²) in [5.74, 6) is -1.61. The van der Waals surface area contributed by atoms with Gasteiger partial charge in [0, 0.05) is 16.9 Å². The van der Waals surface area contributed by atoms with Gasteiger partial charge in [-0.25, -0.2) is 8.78 Å². The molecule has 0 atom stereocenters. The molecule has 0 unspecified atom stereocenters. The predicted octanol–water partition coefficient (Wildman–Crippen LogP) is 2.80. The van der Waals surface area contributed by atoms with Crippen molar-refractivity contribution >= 4 is 17.3 Å². The van der Waals surface area contributed by atoms with Gasteiger partial charge in [0.25, 0.3) is 5.91 Å². The van der Waals surface area contributed by atoms with E-state index in [2.05, 4.69) is 5.32 Å². The third kappa shape index (κ3) is 2.82. The number of carbonyl (C=O) groups excluding carboxylic acids is 1. The van der Waals surface area contributed by atoms with Crippen molar-refractivity contribution in [2.45, 2.75) is 0 Å². The van der Waals surface area contributed by atoms with Crippen LogP contribution in [0.25, 0.3) is 0 Å². The first kappa shape index (κ1) is 12.0. The van der Waals surface area contributed by atoms with Gasteiger partial charge in [0.1, 0.15) is 11.6 Å². The summed E-state index contributed by atoms with van der Waals surface area (Å²) in [7, 11) is 0. The normalized spacial score (nSPS) is 10.1. The topological polar surface area (TPSA) is 55.1 Å². The maximum Gasteiger partial charge on any atom is 0.255 e. The van der Waals surface area contributed by atoms with E-state index < -0.39 is 17.5 Å². The molecule has 0 fully saturated rings. The van der Waals surface area contributed by atoms with Crippen LogP contribution in [0.5, 0.6) is 0 Å². The summed E-state index contributed by atoms with van der Waals surface area (Å²) < 4.78 is 26.0. The minimum atomic E-state index is -0.598. The number of benzene rings is 2. The maximum atomic E-state index is 13.1. The Morgan fingerprint density at radius 2 is 1.83 bits per heavy atom. The number of hydrogen-bond donors (Lipinski definition) is 2. The van der Waals surface area contributed by atoms with Gasteiger partial charge in [0.2, 0.25) is 0 Å². The Kier molecular flexibility index (Phi) is 3.23. The van der Waals surface area contributed by atoms with Crippen LogP contribution in [0.2, 0.25) is 0 Å². The first-order valence-electron chi connectivity index (χ1n) is 5.17. The van der Waals surface area contributed by atoms with Gasteiger partial charge < -0.3 is 11.1 Å². The number of nitrogens with two attached hydrogens (primary N) is 1. The van der Waals surface area contributed by atoms with Gasteiger partial charge in [-0.3, -0.25) is 4.79 Å². The van der Waals surface area contributed by atoms with Crippen molar-refractivity contribution in [2.24, 2.45) is 0 Å². The Morgan fingerprint density at radius 1 is 1.06 bits per heavy atom. The van der Waals surface area contributed by atoms with E-state index in [1.54, 1.807) is 0 Å². The molecular weight excluding hydrogens is 238 g/mol. The van der Waals surface area contributed by atoms with Gasteiger partial charge >= 0.3 is 0 Å². The van der Waals surface area contributed by atoms with Crippen LogP contribution >= 0.6 is 0 Å². The molecule has 0 radical (unpaired) electrons. The second kappa shape index (κ2) is 4.83. The minimum Gasteiger partial charge on any atom is -0.399 e. The van der Waals surface area contributed by atoms with Crippen LogP contribution in [0.3, 0.4) is 0 Å². The van der Waals surface area contributed by atoms with Crippen molar-refractivity contribution in [1.82, 2.24) is 0 Å². The summed E-state index contributed by atoms with van der Waals surface area (Å²) >= 11 is 0. The standard InChI is InChI=1S/C13H10F2N2O/c14-9-2-1-3-12(7-9)17-13(18)8-4-10(15)6-11(16)5-8/h1-7H,16H2,(H,17,18). The van der Waals surface area contributed by atoms with E-state index in [-0.39, 0.29) is 11.3 Å². The fourth-order valence-corrected chi connectivity index (χ4v) is 1.51. The lowest BCUT2D eigenvalue weighted by atomic mass is 10.1. The molecule has 0 saturated heterocycles. The summed E-state index contributed by atoms with van der Waals surface area (Å²) in [5.41, 5.74) is 5.96. The molecule has 0 saturated carbocycles. The van der Waals surface area contributed by atoms with E-state index in [1.165, 1.54) is 30.3 Å². The summed E-state index contributed by atoms with van der Waals surface area (Å²) in [6.45, 7) is 0. The lowest BCUT2D eigenvalue weighted by Crippen LogP contribution is -2.12. The van der Waals surface area contributed by atoms with Crippen LogP contribution in [0.15, 0.2) is 42.5 Å². The maximum absolute atomic E-state index is 13.1. The molecule has 0 aliphatic rings. The first-order valence-corrected chi connectivity index (χ1v) is 5.17. The Labute approximate surface area is 102 Å². The molecule has 2 aromatic carbocycles. The second-order valence-electron chi connectivity index (χ2n) is 3.74. The van der Waals surface area contributed by atoms with Crippen molar-refractivity contribution < 1.29 is 13.6 Å². The Morgan fingerprint density at radius 3 is 2.50 bits per heavy atom. The first-order chi connectivity index (χ1) is 8.54. The van der Waals surface area contributed by atoms with Crippen LogP contribution in [-0.2, 0) is 0 Å². The van der Waals surface area contributed by atoms with Crippen LogP contribution < -0.4 is 11.1 Å². The van der Waals surface area contributed by atoms with Gasteiger partial charge in [-0.15, -0.1) is 0 Å². The third-order valence-corrected chi connectivity index (χ3v) is 2.26. The van der Waals surface area contributed by atoms with Gasteiger partial charge in [-0.2, -0.15) is 0 Å². The second-order valence-corrected chi connectivity index (χ2v) is 3.74. The molecule has 2 rings (SSSR count). The zero-order valence-electron chi connectivity index (χ0n) is 9.28. The highest BCUT2D eigenvalue weighted by Crippen LogP contribution is 2.14. The van der Waals surface area contributed by atoms with Crippen molar-refractivity contribution in [3.63, 3.8) is 0 Å². The average Bonchev–Trinajstić information content (AvgIpc) is 2.27. The molecule has 5 heteroatoms. The Bertz CT molecular complexity index is 579. The molecule has 0 heterocycles. The molecule has 0 bridgehead atoms. The number of anilines is 2. The zero-order valence-corrected chi connectivity index (χ0v) is 9.28. The highest BCUT2D eigenvalue weighted by molar-refractivity contribution is 6.04. The van der Waals surface area contributed by atoms with E-state index in [0.717, 1.165) is 12.1 Å². The van der Waals surface area contributed by atoms with E-state index >= 15 is 0 Å². The van der Waals surface area contributed by atoms with Gasteiger partial charge in [-0.1, -0.05) is 6.07 Å². The molecule has 3 N–H and O–H groups in total. The van der Waals surface area contributed by atoms with Crippen LogP contribution in [0.1, 0.15) is 10.4 Å². The molecule has 2 aromatic rings. The molecule has 0 spiro atoms. The van der Waals surface area contributed by atoms with Crippen molar-refractivity contribution in [3.05, 3.63) is 59.7 Å². The quantitative estimate of drug-likeness (QED) is 0.803. The Hall–Kier alpha value is -2.43. The number of rotatable bonds is 2. The predicted molar refractivity (Wildman–Crippen MR) is 65.2 cm³/mol. The molecule has 3 nitrogen and oxygen atoms in total. The summed E-state index contributed by atoms with van der Waals surface area (Å²) in [4.78, 5) is 11.8. The lowest BCUT2D eigenvalue weighted by molar-refractivity contribution is 0.102. The van der Waals surface area contributed by atoms with Crippen LogP contribution in [0.4, 0.5) is 20.2 Å². The number of amides is 1. The highest BCUT2D eigenvalue weighted by Gasteiger charge is 2.08. The molecule has 1 amide bonds. The number of nitrogens with one attached hydrogen (secondary N) is 1. The largest absolute Gasteiger partial charge is 0.399 e. The van der Waals surface area contributed by atoms with Gasteiger partial charge in [0.15, 0.2) is 0 Å². The smallest absolute Gasteiger partial charge is 0.255 e. The highest BCUT2D eigenvalue weighted by atomic mass is 19.1. The van der Waals surface area contributed by atoms with Crippen LogP contribution in [-0.4, -0.2) is 5.91 Å². The van der Waals surface area contributed by atoms with E-state index in [9.17, 15) is 13.6 Å². The monoisotopic (exact) mass is 248 g/mol. The number of carbonyl (C=O) groups is 1. The SMILES string of the molecule is Nc1cc(F)cc(C(=O)Nc2cccc(F)c2)c1. The van der Waals surface area contributed by atoms with E-state index in [1.807, 2.05) is 0 Å². The number of hydrogen-bond acceptors (Lipinski definition) is 2. The van der Waals surface area contributed by atoms with Crippen molar-refractivity contribution in [1.29, 1.82) is 0 Å². The molecule has 0 aliphatic heterocycles. The van der Waals surface area contributed by atoms with Crippen molar-refractivity contribution in [2.75, 3.05) is 11.1 Å². The zero-order chi connectivity index (χ0) is 13.1. The molecule has 18 heavy (non-hydrogen) atoms. The molecule has 0 aromatic heterocycles. The summed E-state index contributed by atoms with van der Waals surface area (Å²) in [6, 6.07) is 8.94. The minimum absolute atomic E-state index is 0.0803. The van der Waals surface area contributed by atoms with E-state index in [4.69, 9.17) is 5.73 Å². The van der Waals surface area contributed by atoms with Crippen LogP contribution in [0, 0.1) is 11.6 Å². The third-order valence-electron chi connectivity index (χ3n) is 2.26.